The molecule has 0 spiro atoms. The van der Waals surface area contributed by atoms with Crippen molar-refractivity contribution in [1.82, 2.24) is 29.9 Å². The second-order valence-corrected chi connectivity index (χ2v) is 16.2. The second-order valence-electron chi connectivity index (χ2n) is 16.2. The summed E-state index contributed by atoms with van der Waals surface area (Å²) in [7, 11) is 0. The quantitative estimate of drug-likeness (QED) is 0.135. The molecule has 9 aromatic carbocycles. The highest BCUT2D eigenvalue weighted by Gasteiger charge is 2.19. The highest BCUT2D eigenvalue weighted by molar-refractivity contribution is 5.93. The van der Waals surface area contributed by atoms with Crippen LogP contribution in [0.15, 0.2) is 237 Å². The summed E-state index contributed by atoms with van der Waals surface area (Å²) < 4.78 is 0. The van der Waals surface area contributed by atoms with Crippen LogP contribution in [0.2, 0.25) is 0 Å². The van der Waals surface area contributed by atoms with Crippen LogP contribution in [0.4, 0.5) is 0 Å². The van der Waals surface area contributed by atoms with Gasteiger partial charge in [0.2, 0.25) is 0 Å². The van der Waals surface area contributed by atoms with Crippen LogP contribution in [0.25, 0.3) is 113 Å². The minimum absolute atomic E-state index is 0.518. The van der Waals surface area contributed by atoms with Crippen LogP contribution in [0.3, 0.4) is 0 Å². The number of benzene rings is 9. The lowest BCUT2D eigenvalue weighted by molar-refractivity contribution is 1.07. The van der Waals surface area contributed by atoms with Crippen molar-refractivity contribution in [2.45, 2.75) is 0 Å². The molecule has 11 aromatic rings. The highest BCUT2D eigenvalue weighted by atomic mass is 15.0. The molecule has 318 valence electrons. The summed E-state index contributed by atoms with van der Waals surface area (Å²) in [4.78, 5) is 30.3. The molecule has 2 aromatic heterocycles. The largest absolute Gasteiger partial charge is 0.208 e. The van der Waals surface area contributed by atoms with Gasteiger partial charge in [-0.3, -0.25) is 0 Å². The summed E-state index contributed by atoms with van der Waals surface area (Å²) in [5.41, 5.74) is 13.9. The summed E-state index contributed by atoms with van der Waals surface area (Å²) in [6.45, 7) is 0. The first kappa shape index (κ1) is 41.2. The molecular weight excluding hydrogens is 831 g/mol. The fraction of sp³-hybridized carbons (Fsp3) is 0. The summed E-state index contributed by atoms with van der Waals surface area (Å²) >= 11 is 0. The molecule has 0 atom stereocenters. The van der Waals surface area contributed by atoms with Gasteiger partial charge in [-0.05, 0) is 57.1 Å². The predicted molar refractivity (Wildman–Crippen MR) is 272 cm³/mol. The van der Waals surface area contributed by atoms with Gasteiger partial charge in [0.25, 0.3) is 0 Å². The van der Waals surface area contributed by atoms with Gasteiger partial charge in [0, 0.05) is 38.9 Å². The average molecular weight is 870 g/mol. The van der Waals surface area contributed by atoms with Crippen molar-refractivity contribution in [3.8, 4) is 119 Å². The van der Waals surface area contributed by atoms with E-state index in [1.165, 1.54) is 0 Å². The van der Waals surface area contributed by atoms with Gasteiger partial charge in [-0.2, -0.15) is 5.26 Å². The smallest absolute Gasteiger partial charge is 0.164 e. The first-order valence-electron chi connectivity index (χ1n) is 22.3. The molecule has 0 amide bonds. The van der Waals surface area contributed by atoms with Crippen LogP contribution in [0.5, 0.6) is 0 Å². The van der Waals surface area contributed by atoms with Gasteiger partial charge in [0.15, 0.2) is 34.9 Å². The zero-order chi connectivity index (χ0) is 45.7. The fourth-order valence-electron chi connectivity index (χ4n) is 8.60. The molecule has 68 heavy (non-hydrogen) atoms. The van der Waals surface area contributed by atoms with Crippen LogP contribution in [-0.4, -0.2) is 29.9 Å². The van der Waals surface area contributed by atoms with E-state index in [2.05, 4.69) is 97.1 Å². The zero-order valence-electron chi connectivity index (χ0n) is 36.6. The van der Waals surface area contributed by atoms with E-state index in [0.29, 0.717) is 40.5 Å². The number of hydrogen-bond acceptors (Lipinski definition) is 7. The van der Waals surface area contributed by atoms with Crippen LogP contribution in [0, 0.1) is 11.3 Å². The van der Waals surface area contributed by atoms with Crippen molar-refractivity contribution in [3.63, 3.8) is 0 Å². The first-order chi connectivity index (χ1) is 33.7. The van der Waals surface area contributed by atoms with E-state index >= 15 is 0 Å². The van der Waals surface area contributed by atoms with E-state index in [0.717, 1.165) is 77.9 Å². The molecule has 0 aliphatic carbocycles. The van der Waals surface area contributed by atoms with Crippen LogP contribution in [-0.2, 0) is 0 Å². The second kappa shape index (κ2) is 18.5. The molecular formula is C61H39N7. The molecule has 7 nitrogen and oxygen atoms in total. The lowest BCUT2D eigenvalue weighted by Gasteiger charge is -2.16. The van der Waals surface area contributed by atoms with Gasteiger partial charge in [-0.15, -0.1) is 0 Å². The SMILES string of the molecule is N#Cc1ccccc1-c1ccccc1-c1nc(-c2ccccc2)nc(-c2cccc(-c3ccccc3-c3ccccc3-c3cccc(-c4nc(-c5ccccc5)nc(-c5ccccc5)n4)c3)c2)n1. The average Bonchev–Trinajstić information content (AvgIpc) is 3.43. The van der Waals surface area contributed by atoms with Crippen molar-refractivity contribution >= 4 is 0 Å². The van der Waals surface area contributed by atoms with Gasteiger partial charge in [-0.1, -0.05) is 218 Å². The number of aromatic nitrogens is 6. The zero-order valence-corrected chi connectivity index (χ0v) is 36.6. The molecule has 0 saturated heterocycles. The van der Waals surface area contributed by atoms with Crippen molar-refractivity contribution in [2.24, 2.45) is 0 Å². The molecule has 7 heteroatoms. The number of rotatable bonds is 10. The third kappa shape index (κ3) is 8.33. The van der Waals surface area contributed by atoms with E-state index in [9.17, 15) is 5.26 Å². The molecule has 0 aliphatic rings. The molecule has 0 aliphatic heterocycles. The molecule has 0 bridgehead atoms. The van der Waals surface area contributed by atoms with Crippen molar-refractivity contribution in [1.29, 1.82) is 5.26 Å². The Kier molecular flexibility index (Phi) is 11.2. The maximum atomic E-state index is 10.1. The Morgan fingerprint density at radius 2 is 0.500 bits per heavy atom. The van der Waals surface area contributed by atoms with Crippen LogP contribution < -0.4 is 0 Å². The van der Waals surface area contributed by atoms with Gasteiger partial charge < -0.3 is 0 Å². The summed E-state index contributed by atoms with van der Waals surface area (Å²) in [5.74, 6) is 3.45. The minimum Gasteiger partial charge on any atom is -0.208 e. The Hall–Kier alpha value is -9.51. The van der Waals surface area contributed by atoms with Gasteiger partial charge in [0.05, 0.1) is 11.6 Å². The Morgan fingerprint density at radius 1 is 0.221 bits per heavy atom. The Labute approximate surface area is 394 Å². The normalized spacial score (nSPS) is 10.9. The Morgan fingerprint density at radius 3 is 0.912 bits per heavy atom. The summed E-state index contributed by atoms with van der Waals surface area (Å²) in [6, 6.07) is 81.8. The van der Waals surface area contributed by atoms with E-state index in [1.54, 1.807) is 0 Å². The highest BCUT2D eigenvalue weighted by Crippen LogP contribution is 2.40. The molecule has 11 rings (SSSR count). The molecule has 2 heterocycles. The van der Waals surface area contributed by atoms with Crippen molar-refractivity contribution in [2.75, 3.05) is 0 Å². The van der Waals surface area contributed by atoms with Gasteiger partial charge in [-0.25, -0.2) is 29.9 Å². The minimum atomic E-state index is 0.518. The molecule has 0 fully saturated rings. The summed E-state index contributed by atoms with van der Waals surface area (Å²) in [6.07, 6.45) is 0. The fourth-order valence-corrected chi connectivity index (χ4v) is 8.60. The predicted octanol–water partition coefficient (Wildman–Crippen LogP) is 14.6. The van der Waals surface area contributed by atoms with Crippen molar-refractivity contribution < 1.29 is 0 Å². The topological polar surface area (TPSA) is 101 Å². The lowest BCUT2D eigenvalue weighted by Crippen LogP contribution is -2.01. The maximum Gasteiger partial charge on any atom is 0.164 e. The molecule has 0 saturated carbocycles. The standard InChI is InChI=1S/C61H39N7/c62-40-48-26-10-11-33-51(48)54-36-16-17-37-55(54)61-67-58(43-24-8-3-9-25-43)66-60(68-61)47-30-19-28-45(39-47)50-32-13-15-35-53(50)52-34-14-12-31-49(52)44-27-18-29-46(38-44)59-64-56(41-20-4-1-5-21-41)63-57(65-59)42-22-6-2-7-23-42/h1-39H. The number of nitriles is 1. The monoisotopic (exact) mass is 869 g/mol. The molecule has 0 unspecified atom stereocenters. The van der Waals surface area contributed by atoms with Crippen LogP contribution in [0.1, 0.15) is 5.56 Å². The van der Waals surface area contributed by atoms with E-state index in [1.807, 2.05) is 146 Å². The number of nitrogens with zero attached hydrogens (tertiary/aromatic N) is 7. The number of hydrogen-bond donors (Lipinski definition) is 0. The third-order valence-electron chi connectivity index (χ3n) is 11.9. The maximum absolute atomic E-state index is 10.1. The lowest BCUT2D eigenvalue weighted by atomic mass is 9.88. The Bertz CT molecular complexity index is 3580. The third-order valence-corrected chi connectivity index (χ3v) is 11.9. The van der Waals surface area contributed by atoms with E-state index < -0.39 is 0 Å². The Balaban J connectivity index is 1.000. The summed E-state index contributed by atoms with van der Waals surface area (Å²) in [5, 5.41) is 10.1. The van der Waals surface area contributed by atoms with Gasteiger partial charge in [0.1, 0.15) is 0 Å². The van der Waals surface area contributed by atoms with Crippen molar-refractivity contribution in [3.05, 3.63) is 242 Å². The van der Waals surface area contributed by atoms with E-state index in [4.69, 9.17) is 29.9 Å². The molecule has 0 N–H and O–H groups in total. The van der Waals surface area contributed by atoms with Gasteiger partial charge >= 0.3 is 0 Å². The van der Waals surface area contributed by atoms with E-state index in [-0.39, 0.29) is 0 Å². The first-order valence-corrected chi connectivity index (χ1v) is 22.3. The van der Waals surface area contributed by atoms with Crippen LogP contribution >= 0.6 is 0 Å². The molecule has 0 radical (unpaired) electrons.